The number of rotatable bonds is 8. The number of amides is 1. The average Bonchev–Trinajstić information content (AvgIpc) is 3.64. The zero-order valence-corrected chi connectivity index (χ0v) is 23.3. The van der Waals surface area contributed by atoms with Gasteiger partial charge in [-0.25, -0.2) is 12.8 Å². The van der Waals surface area contributed by atoms with Gasteiger partial charge in [0.25, 0.3) is 5.91 Å². The van der Waals surface area contributed by atoms with Crippen LogP contribution in [0.1, 0.15) is 66.3 Å². The highest BCUT2D eigenvalue weighted by Gasteiger charge is 2.50. The number of fused-ring (bicyclic) bond motifs is 3. The number of benzene rings is 1. The Morgan fingerprint density at radius 2 is 1.85 bits per heavy atom. The van der Waals surface area contributed by atoms with Gasteiger partial charge in [0.2, 0.25) is 10.0 Å². The van der Waals surface area contributed by atoms with Crippen molar-refractivity contribution >= 4 is 15.9 Å². The second-order valence-corrected chi connectivity index (χ2v) is 14.5. The summed E-state index contributed by atoms with van der Waals surface area (Å²) in [5, 5.41) is 10.7. The fourth-order valence-electron chi connectivity index (χ4n) is 8.03. The van der Waals surface area contributed by atoms with Crippen LogP contribution in [0, 0.1) is 23.6 Å². The molecule has 1 saturated carbocycles. The number of nitrogens with zero attached hydrogens (tertiary/aromatic N) is 2. The summed E-state index contributed by atoms with van der Waals surface area (Å²) in [6.07, 6.45) is 5.62. The molecule has 4 saturated heterocycles. The molecule has 7 rings (SSSR count). The minimum Gasteiger partial charge on any atom is -0.380 e. The highest BCUT2D eigenvalue weighted by atomic mass is 32.2. The molecule has 1 aliphatic carbocycles. The number of sulfonamides is 1. The van der Waals surface area contributed by atoms with E-state index >= 15 is 0 Å². The van der Waals surface area contributed by atoms with Gasteiger partial charge in [0.1, 0.15) is 11.6 Å². The smallest absolute Gasteiger partial charge is 0.273 e. The Morgan fingerprint density at radius 1 is 1.10 bits per heavy atom. The molecular weight excluding hydrogens is 535 g/mol. The van der Waals surface area contributed by atoms with Crippen molar-refractivity contribution in [2.24, 2.45) is 17.8 Å². The van der Waals surface area contributed by atoms with Crippen molar-refractivity contribution in [1.29, 1.82) is 0 Å². The maximum Gasteiger partial charge on any atom is 0.273 e. The van der Waals surface area contributed by atoms with Crippen molar-refractivity contribution in [3.05, 3.63) is 53.2 Å². The van der Waals surface area contributed by atoms with Crippen molar-refractivity contribution in [2.45, 2.75) is 75.0 Å². The predicted octanol–water partition coefficient (Wildman–Crippen LogP) is 2.84. The molecule has 1 amide bonds. The van der Waals surface area contributed by atoms with Crippen molar-refractivity contribution in [1.82, 2.24) is 20.1 Å². The van der Waals surface area contributed by atoms with Crippen LogP contribution in [0.25, 0.3) is 0 Å². The third-order valence-corrected chi connectivity index (χ3v) is 12.1. The quantitative estimate of drug-likeness (QED) is 0.500. The fraction of sp³-hybridized carbons (Fsp3) is 0.655. The van der Waals surface area contributed by atoms with Crippen molar-refractivity contribution in [3.63, 3.8) is 0 Å². The van der Waals surface area contributed by atoms with E-state index in [1.807, 2.05) is 12.1 Å². The molecule has 0 radical (unpaired) electrons. The van der Waals surface area contributed by atoms with Gasteiger partial charge in [-0.05, 0) is 86.9 Å². The number of hydrogen-bond donors (Lipinski definition) is 2. The molecule has 40 heavy (non-hydrogen) atoms. The van der Waals surface area contributed by atoms with Crippen LogP contribution >= 0.6 is 0 Å². The van der Waals surface area contributed by atoms with E-state index in [0.29, 0.717) is 49.7 Å². The Hall–Kier alpha value is -2.34. The van der Waals surface area contributed by atoms with E-state index in [2.05, 4.69) is 15.8 Å². The van der Waals surface area contributed by atoms with Gasteiger partial charge in [0.15, 0.2) is 5.69 Å². The Morgan fingerprint density at radius 3 is 2.55 bits per heavy atom. The predicted molar refractivity (Wildman–Crippen MR) is 145 cm³/mol. The summed E-state index contributed by atoms with van der Waals surface area (Å²) in [4.78, 5) is 12.8. The molecule has 2 unspecified atom stereocenters. The van der Waals surface area contributed by atoms with Crippen molar-refractivity contribution in [3.8, 4) is 0 Å². The zero-order valence-electron chi connectivity index (χ0n) is 22.5. The van der Waals surface area contributed by atoms with E-state index in [1.165, 1.54) is 12.1 Å². The van der Waals surface area contributed by atoms with Crippen LogP contribution < -0.4 is 10.6 Å². The van der Waals surface area contributed by atoms with E-state index in [4.69, 9.17) is 9.26 Å². The van der Waals surface area contributed by atoms with Crippen LogP contribution in [-0.2, 0) is 21.2 Å². The Labute approximate surface area is 234 Å². The molecule has 5 heterocycles. The van der Waals surface area contributed by atoms with Gasteiger partial charge in [-0.15, -0.1) is 0 Å². The highest BCUT2D eigenvalue weighted by molar-refractivity contribution is 7.89. The highest BCUT2D eigenvalue weighted by Crippen LogP contribution is 2.45. The van der Waals surface area contributed by atoms with Crippen LogP contribution in [0.15, 0.2) is 34.9 Å². The molecule has 5 aliphatic rings. The Bertz CT molecular complexity index is 1330. The van der Waals surface area contributed by atoms with Gasteiger partial charge in [0.05, 0.1) is 24.9 Å². The lowest BCUT2D eigenvalue weighted by Gasteiger charge is -2.38. The van der Waals surface area contributed by atoms with Gasteiger partial charge in [-0.2, -0.15) is 4.31 Å². The molecule has 1 aromatic carbocycles. The minimum absolute atomic E-state index is 0.0668. The van der Waals surface area contributed by atoms with Gasteiger partial charge in [0, 0.05) is 30.2 Å². The summed E-state index contributed by atoms with van der Waals surface area (Å²) < 4.78 is 53.1. The van der Waals surface area contributed by atoms with Crippen LogP contribution in [0.4, 0.5) is 4.39 Å². The first-order valence-electron chi connectivity index (χ1n) is 14.7. The fourth-order valence-corrected chi connectivity index (χ4v) is 10.4. The van der Waals surface area contributed by atoms with Gasteiger partial charge < -0.3 is 19.9 Å². The first-order chi connectivity index (χ1) is 19.3. The zero-order chi connectivity index (χ0) is 27.4. The lowest BCUT2D eigenvalue weighted by molar-refractivity contribution is -0.00228. The maximum absolute atomic E-state index is 13.7. The van der Waals surface area contributed by atoms with Crippen molar-refractivity contribution in [2.75, 3.05) is 25.5 Å². The van der Waals surface area contributed by atoms with Gasteiger partial charge >= 0.3 is 0 Å². The molecule has 1 aromatic heterocycles. The number of halogens is 1. The third kappa shape index (κ3) is 5.10. The van der Waals surface area contributed by atoms with Crippen molar-refractivity contribution < 1.29 is 26.9 Å². The molecule has 0 spiro atoms. The number of aromatic nitrogens is 1. The second kappa shape index (κ2) is 10.5. The van der Waals surface area contributed by atoms with Crippen LogP contribution in [-0.4, -0.2) is 73.5 Å². The second-order valence-electron chi connectivity index (χ2n) is 12.6. The first kappa shape index (κ1) is 26.6. The summed E-state index contributed by atoms with van der Waals surface area (Å²) in [5.74, 6) is 1.67. The van der Waals surface area contributed by atoms with E-state index < -0.39 is 10.0 Å². The topological polar surface area (TPSA) is 114 Å². The summed E-state index contributed by atoms with van der Waals surface area (Å²) >= 11 is 0. The molecular formula is C29H37FN4O5S. The number of ether oxygens (including phenoxy) is 1. The Kier molecular flexibility index (Phi) is 6.96. The van der Waals surface area contributed by atoms with E-state index in [9.17, 15) is 17.6 Å². The molecule has 2 aromatic rings. The summed E-state index contributed by atoms with van der Waals surface area (Å²) in [6, 6.07) is 8.48. The molecule has 2 bridgehead atoms. The van der Waals surface area contributed by atoms with Crippen LogP contribution in [0.2, 0.25) is 0 Å². The molecule has 216 valence electrons. The van der Waals surface area contributed by atoms with Gasteiger partial charge in [-0.1, -0.05) is 17.3 Å². The first-order valence-corrected chi connectivity index (χ1v) is 16.3. The molecule has 5 fully saturated rings. The molecule has 6 atom stereocenters. The summed E-state index contributed by atoms with van der Waals surface area (Å²) in [6.45, 7) is 2.09. The summed E-state index contributed by atoms with van der Waals surface area (Å²) in [5.41, 5.74) is 1.38. The lowest BCUT2D eigenvalue weighted by atomic mass is 9.90. The maximum atomic E-state index is 13.7. The number of piperidine rings is 1. The van der Waals surface area contributed by atoms with E-state index in [-0.39, 0.29) is 53.1 Å². The standard InChI is InChI=1S/C29H37FN4O5S/c30-21-3-1-17(2-4-21)9-26-25-8-18(7-19(25)13-31-26)16-40(36,37)34-23-5-6-24(34)11-22(10-23)32-29(35)27-12-28(39-33-27)20-14-38-15-20/h1-4,12,18-20,22-26,31H,5-11,13-16H2,(H,32,35)/t18-,19+,22?,23?,24?,25-,26-/m1/s1. The molecule has 2 N–H and O–H groups in total. The number of carbonyl (C=O) groups excluding carboxylic acids is 1. The number of hydrogen-bond acceptors (Lipinski definition) is 7. The Balaban J connectivity index is 0.942. The summed E-state index contributed by atoms with van der Waals surface area (Å²) in [7, 11) is -3.40. The number of nitrogens with one attached hydrogen (secondary N) is 2. The van der Waals surface area contributed by atoms with E-state index in [1.54, 1.807) is 10.4 Å². The van der Waals surface area contributed by atoms with Gasteiger partial charge in [-0.3, -0.25) is 4.79 Å². The van der Waals surface area contributed by atoms with Crippen LogP contribution in [0.5, 0.6) is 0 Å². The number of carbonyl (C=O) groups is 1. The van der Waals surface area contributed by atoms with Crippen LogP contribution in [0.3, 0.4) is 0 Å². The normalized spacial score (nSPS) is 34.1. The molecule has 9 nitrogen and oxygen atoms in total. The largest absolute Gasteiger partial charge is 0.380 e. The van der Waals surface area contributed by atoms with E-state index in [0.717, 1.165) is 44.2 Å². The molecule has 11 heteroatoms. The minimum atomic E-state index is -3.40. The third-order valence-electron chi connectivity index (χ3n) is 9.95. The average molecular weight is 573 g/mol. The lowest BCUT2D eigenvalue weighted by Crippen LogP contribution is -2.53. The SMILES string of the molecule is O=C(NC1CC2CCC(C1)N2S(=O)(=O)C[C@@H]1C[C@H]2CN[C@H](Cc3ccc(F)cc3)[C@@H]2C1)c1cc(C2COC2)on1. The molecule has 4 aliphatic heterocycles. The monoisotopic (exact) mass is 572 g/mol.